The Bertz CT molecular complexity index is 1510. The average molecular weight is 579 g/mol. The Hall–Kier alpha value is -5.15. The second-order valence-corrected chi connectivity index (χ2v) is 10.2. The largest absolute Gasteiger partial charge is 0.350 e. The Kier molecular flexibility index (Phi) is 10.9. The van der Waals surface area contributed by atoms with Gasteiger partial charge in [0.25, 0.3) is 5.69 Å². The lowest BCUT2D eigenvalue weighted by atomic mass is 9.99. The van der Waals surface area contributed by atoms with Crippen molar-refractivity contribution in [3.63, 3.8) is 0 Å². The number of nitrogens with one attached hydrogen (secondary N) is 1. The van der Waals surface area contributed by atoms with E-state index in [0.717, 1.165) is 16.0 Å². The van der Waals surface area contributed by atoms with Gasteiger partial charge in [0.2, 0.25) is 17.7 Å². The zero-order valence-electron chi connectivity index (χ0n) is 23.7. The molecule has 0 aromatic heterocycles. The highest BCUT2D eigenvalue weighted by Crippen LogP contribution is 2.18. The number of carbonyl (C=O) groups is 3. The lowest BCUT2D eigenvalue weighted by Gasteiger charge is -2.31. The first-order valence-corrected chi connectivity index (χ1v) is 14.1. The molecule has 4 rings (SSSR count). The summed E-state index contributed by atoms with van der Waals surface area (Å²) in [5.41, 5.74) is 9.42. The summed E-state index contributed by atoms with van der Waals surface area (Å²) in [5.74, 6) is -1.69. The summed E-state index contributed by atoms with van der Waals surface area (Å²) in [5, 5.41) is 14.0. The fourth-order valence-electron chi connectivity index (χ4n) is 4.81. The molecule has 0 aliphatic rings. The first-order valence-electron chi connectivity index (χ1n) is 14.1. The number of non-ortho nitro benzene ring substituents is 1. The fraction of sp³-hybridized carbons (Fsp3) is 0.206. The number of hydrogen-bond acceptors (Lipinski definition) is 6. The molecule has 9 nitrogen and oxygen atoms in total. The third kappa shape index (κ3) is 8.92. The van der Waals surface area contributed by atoms with E-state index in [4.69, 9.17) is 5.73 Å². The van der Waals surface area contributed by atoms with Crippen LogP contribution >= 0.6 is 0 Å². The van der Waals surface area contributed by atoms with Crippen LogP contribution in [0.1, 0.15) is 28.7 Å². The summed E-state index contributed by atoms with van der Waals surface area (Å²) in [6.07, 6.45) is 0.582. The minimum atomic E-state index is -1.16. The van der Waals surface area contributed by atoms with Crippen LogP contribution in [0.15, 0.2) is 115 Å². The highest BCUT2D eigenvalue weighted by Gasteiger charge is 2.37. The molecular weight excluding hydrogens is 544 g/mol. The van der Waals surface area contributed by atoms with Crippen molar-refractivity contribution in [2.75, 3.05) is 0 Å². The molecular formula is C34H34N4O5. The molecule has 2 atom stereocenters. The molecule has 3 N–H and O–H groups in total. The Balaban J connectivity index is 1.63. The van der Waals surface area contributed by atoms with Crippen molar-refractivity contribution in [3.05, 3.63) is 148 Å². The number of aryl methyl sites for hydroxylation is 1. The number of amides is 3. The zero-order chi connectivity index (χ0) is 30.6. The molecule has 3 amide bonds. The highest BCUT2D eigenvalue weighted by molar-refractivity contribution is 6.03. The second kappa shape index (κ2) is 15.2. The summed E-state index contributed by atoms with van der Waals surface area (Å²) < 4.78 is 0. The van der Waals surface area contributed by atoms with Gasteiger partial charge in [-0.05, 0) is 41.5 Å². The third-order valence-electron chi connectivity index (χ3n) is 7.10. The smallest absolute Gasteiger partial charge is 0.269 e. The summed E-state index contributed by atoms with van der Waals surface area (Å²) in [6, 6.07) is 31.3. The molecule has 0 spiro atoms. The van der Waals surface area contributed by atoms with Gasteiger partial charge >= 0.3 is 0 Å². The Labute approximate surface area is 250 Å². The van der Waals surface area contributed by atoms with Crippen LogP contribution in [0, 0.1) is 10.1 Å². The van der Waals surface area contributed by atoms with Crippen LogP contribution in [-0.2, 0) is 40.2 Å². The van der Waals surface area contributed by atoms with Gasteiger partial charge in [-0.15, -0.1) is 0 Å². The van der Waals surface area contributed by atoms with Crippen molar-refractivity contribution < 1.29 is 19.3 Å². The zero-order valence-corrected chi connectivity index (χ0v) is 23.7. The molecule has 0 fully saturated rings. The number of nitrogens with zero attached hydrogens (tertiary/aromatic N) is 2. The number of benzene rings is 4. The maximum Gasteiger partial charge on any atom is 0.269 e. The number of carbonyl (C=O) groups excluding carboxylic acids is 3. The Morgan fingerprint density at radius 2 is 1.28 bits per heavy atom. The van der Waals surface area contributed by atoms with E-state index in [1.165, 1.54) is 24.3 Å². The Morgan fingerprint density at radius 1 is 0.744 bits per heavy atom. The van der Waals surface area contributed by atoms with Crippen LogP contribution in [0.5, 0.6) is 0 Å². The molecule has 0 aliphatic carbocycles. The van der Waals surface area contributed by atoms with E-state index in [2.05, 4.69) is 5.32 Å². The number of nitro groups is 1. The van der Waals surface area contributed by atoms with Crippen LogP contribution in [-0.4, -0.2) is 39.6 Å². The summed E-state index contributed by atoms with van der Waals surface area (Å²) in [6.45, 7) is 0.227. The molecule has 0 aliphatic heterocycles. The maximum absolute atomic E-state index is 14.0. The van der Waals surface area contributed by atoms with Gasteiger partial charge in [0.15, 0.2) is 0 Å². The molecule has 0 bridgehead atoms. The highest BCUT2D eigenvalue weighted by atomic mass is 16.6. The van der Waals surface area contributed by atoms with Gasteiger partial charge in [0, 0.05) is 18.7 Å². The van der Waals surface area contributed by atoms with Crippen molar-refractivity contribution in [2.45, 2.75) is 44.3 Å². The van der Waals surface area contributed by atoms with Crippen molar-refractivity contribution >= 4 is 23.4 Å². The molecule has 0 heterocycles. The van der Waals surface area contributed by atoms with Crippen LogP contribution in [0.3, 0.4) is 0 Å². The fourth-order valence-corrected chi connectivity index (χ4v) is 4.81. The van der Waals surface area contributed by atoms with Gasteiger partial charge < -0.3 is 11.1 Å². The quantitative estimate of drug-likeness (QED) is 0.179. The summed E-state index contributed by atoms with van der Waals surface area (Å²) in [7, 11) is 0. The van der Waals surface area contributed by atoms with Crippen molar-refractivity contribution in [1.82, 2.24) is 10.2 Å². The van der Waals surface area contributed by atoms with Gasteiger partial charge in [-0.2, -0.15) is 0 Å². The second-order valence-electron chi connectivity index (χ2n) is 10.2. The van der Waals surface area contributed by atoms with Crippen LogP contribution in [0.25, 0.3) is 0 Å². The van der Waals surface area contributed by atoms with E-state index in [1.807, 2.05) is 66.7 Å². The van der Waals surface area contributed by atoms with Crippen molar-refractivity contribution in [2.24, 2.45) is 5.73 Å². The van der Waals surface area contributed by atoms with Gasteiger partial charge in [0.1, 0.15) is 6.04 Å². The molecule has 43 heavy (non-hydrogen) atoms. The maximum atomic E-state index is 14.0. The predicted molar refractivity (Wildman–Crippen MR) is 164 cm³/mol. The SMILES string of the molecule is N[C@@H](Cc1ccc([N+](=O)[O-])cc1)C(=O)N(C(=O)Cc1ccccc1)C(CCc1ccccc1)C(=O)NCc1ccccc1. The standard InChI is InChI=1S/C34H34N4O5/c35-30(22-27-16-19-29(20-17-27)38(42)43)34(41)37(32(39)23-26-12-6-2-7-13-26)31(21-18-25-10-4-1-5-11-25)33(40)36-24-28-14-8-3-9-15-28/h1-17,19-20,30-31H,18,21-24,35H2,(H,36,40)/t30-,31?/m0/s1. The molecule has 220 valence electrons. The average Bonchev–Trinajstić information content (AvgIpc) is 3.03. The molecule has 9 heteroatoms. The van der Waals surface area contributed by atoms with E-state index in [-0.39, 0.29) is 31.5 Å². The van der Waals surface area contributed by atoms with Crippen molar-refractivity contribution in [3.8, 4) is 0 Å². The minimum Gasteiger partial charge on any atom is -0.350 e. The van der Waals surface area contributed by atoms with Gasteiger partial charge in [-0.25, -0.2) is 0 Å². The van der Waals surface area contributed by atoms with Crippen LogP contribution < -0.4 is 11.1 Å². The third-order valence-corrected chi connectivity index (χ3v) is 7.10. The number of imide groups is 1. The normalized spacial score (nSPS) is 12.1. The van der Waals surface area contributed by atoms with E-state index in [9.17, 15) is 24.5 Å². The van der Waals surface area contributed by atoms with Gasteiger partial charge in [-0.3, -0.25) is 29.4 Å². The van der Waals surface area contributed by atoms with Crippen LogP contribution in [0.4, 0.5) is 5.69 Å². The molecule has 1 unspecified atom stereocenters. The molecule has 4 aromatic rings. The number of nitrogens with two attached hydrogens (primary N) is 1. The summed E-state index contributed by atoms with van der Waals surface area (Å²) >= 11 is 0. The van der Waals surface area contributed by atoms with E-state index in [0.29, 0.717) is 17.5 Å². The Morgan fingerprint density at radius 3 is 1.84 bits per heavy atom. The first kappa shape index (κ1) is 30.8. The van der Waals surface area contributed by atoms with E-state index >= 15 is 0 Å². The molecule has 0 radical (unpaired) electrons. The monoisotopic (exact) mass is 578 g/mol. The van der Waals surface area contributed by atoms with E-state index in [1.54, 1.807) is 24.3 Å². The van der Waals surface area contributed by atoms with E-state index < -0.39 is 34.7 Å². The number of rotatable bonds is 13. The van der Waals surface area contributed by atoms with Gasteiger partial charge in [0.05, 0.1) is 17.4 Å². The molecule has 0 saturated heterocycles. The van der Waals surface area contributed by atoms with Crippen LogP contribution in [0.2, 0.25) is 0 Å². The molecule has 4 aromatic carbocycles. The predicted octanol–water partition coefficient (Wildman–Crippen LogP) is 4.38. The topological polar surface area (TPSA) is 136 Å². The van der Waals surface area contributed by atoms with Gasteiger partial charge in [-0.1, -0.05) is 103 Å². The summed E-state index contributed by atoms with van der Waals surface area (Å²) in [4.78, 5) is 53.2. The van der Waals surface area contributed by atoms with Crippen molar-refractivity contribution in [1.29, 1.82) is 0 Å². The number of hydrogen-bond donors (Lipinski definition) is 2. The number of nitro benzene ring substituents is 1. The first-order chi connectivity index (χ1) is 20.8. The minimum absolute atomic E-state index is 0.0307. The lowest BCUT2D eigenvalue weighted by Crippen LogP contribution is -2.57. The molecule has 0 saturated carbocycles. The lowest BCUT2D eigenvalue weighted by molar-refractivity contribution is -0.384.